The molecule has 0 radical (unpaired) electrons. The fourth-order valence-corrected chi connectivity index (χ4v) is 1.59. The summed E-state index contributed by atoms with van der Waals surface area (Å²) in [6, 6.07) is 2.50. The number of rotatable bonds is 2. The molecule has 0 aromatic heterocycles. The molecule has 1 heterocycles. The third-order valence-electron chi connectivity index (χ3n) is 2.06. The molecular formula is C9H9ClFNO2. The van der Waals surface area contributed by atoms with Gasteiger partial charge in [0, 0.05) is 11.1 Å². The average Bonchev–Trinajstić information content (AvgIpc) is 2.62. The zero-order valence-electron chi connectivity index (χ0n) is 7.30. The van der Waals surface area contributed by atoms with E-state index in [0.29, 0.717) is 22.1 Å². The summed E-state index contributed by atoms with van der Waals surface area (Å²) in [5.41, 5.74) is 6.07. The van der Waals surface area contributed by atoms with Gasteiger partial charge in [-0.05, 0) is 11.6 Å². The highest BCUT2D eigenvalue weighted by Crippen LogP contribution is 2.38. The number of fused-ring (bicyclic) bond motifs is 1. The van der Waals surface area contributed by atoms with E-state index >= 15 is 0 Å². The predicted octanol–water partition coefficient (Wildman–Crippen LogP) is 2.04. The summed E-state index contributed by atoms with van der Waals surface area (Å²) in [7, 11) is 0. The fourth-order valence-electron chi connectivity index (χ4n) is 1.30. The van der Waals surface area contributed by atoms with Gasteiger partial charge in [-0.3, -0.25) is 0 Å². The van der Waals surface area contributed by atoms with E-state index in [9.17, 15) is 4.39 Å². The fraction of sp³-hybridized carbons (Fsp3) is 0.333. The second-order valence-electron chi connectivity index (χ2n) is 2.99. The van der Waals surface area contributed by atoms with Gasteiger partial charge in [0.15, 0.2) is 11.5 Å². The third-order valence-corrected chi connectivity index (χ3v) is 2.38. The van der Waals surface area contributed by atoms with Gasteiger partial charge >= 0.3 is 0 Å². The molecule has 0 unspecified atom stereocenters. The van der Waals surface area contributed by atoms with Crippen molar-refractivity contribution in [2.24, 2.45) is 5.73 Å². The van der Waals surface area contributed by atoms with Gasteiger partial charge in [-0.2, -0.15) is 0 Å². The van der Waals surface area contributed by atoms with Crippen molar-refractivity contribution in [3.8, 4) is 11.5 Å². The van der Waals surface area contributed by atoms with Crippen molar-refractivity contribution < 1.29 is 13.9 Å². The smallest absolute Gasteiger partial charge is 0.231 e. The predicted molar refractivity (Wildman–Crippen MR) is 50.5 cm³/mol. The van der Waals surface area contributed by atoms with Crippen molar-refractivity contribution in [1.82, 2.24) is 0 Å². The Bertz CT molecular complexity index is 359. The first-order valence-electron chi connectivity index (χ1n) is 4.13. The summed E-state index contributed by atoms with van der Waals surface area (Å²) in [4.78, 5) is 0. The average molecular weight is 218 g/mol. The second kappa shape index (κ2) is 3.63. The number of hydrogen-bond acceptors (Lipinski definition) is 3. The molecule has 0 spiro atoms. The van der Waals surface area contributed by atoms with Gasteiger partial charge in [0.2, 0.25) is 6.79 Å². The van der Waals surface area contributed by atoms with Gasteiger partial charge in [-0.25, -0.2) is 4.39 Å². The maximum absolute atomic E-state index is 12.3. The van der Waals surface area contributed by atoms with Gasteiger partial charge < -0.3 is 15.2 Å². The van der Waals surface area contributed by atoms with Crippen LogP contribution in [0.1, 0.15) is 11.6 Å². The molecule has 0 amide bonds. The molecule has 1 aromatic rings. The molecule has 1 aromatic carbocycles. The van der Waals surface area contributed by atoms with Crippen molar-refractivity contribution in [2.75, 3.05) is 13.5 Å². The van der Waals surface area contributed by atoms with Crippen LogP contribution in [0.2, 0.25) is 5.02 Å². The van der Waals surface area contributed by atoms with Crippen LogP contribution >= 0.6 is 11.6 Å². The van der Waals surface area contributed by atoms with Crippen molar-refractivity contribution in [2.45, 2.75) is 6.04 Å². The Kier molecular flexibility index (Phi) is 2.48. The van der Waals surface area contributed by atoms with Crippen LogP contribution in [0.5, 0.6) is 11.5 Å². The number of alkyl halides is 1. The molecule has 0 saturated heterocycles. The summed E-state index contributed by atoms with van der Waals surface area (Å²) < 4.78 is 22.6. The molecule has 2 N–H and O–H groups in total. The number of nitrogens with two attached hydrogens (primary N) is 1. The molecule has 0 bridgehead atoms. The molecule has 1 aliphatic heterocycles. The van der Waals surface area contributed by atoms with Gasteiger partial charge in [-0.15, -0.1) is 0 Å². The highest BCUT2D eigenvalue weighted by Gasteiger charge is 2.19. The SMILES string of the molecule is N[C@H](CF)c1cc2c(cc1Cl)OCO2. The topological polar surface area (TPSA) is 44.5 Å². The molecule has 1 aliphatic rings. The van der Waals surface area contributed by atoms with Crippen LogP contribution in [0.25, 0.3) is 0 Å². The minimum Gasteiger partial charge on any atom is -0.454 e. The monoisotopic (exact) mass is 217 g/mol. The first kappa shape index (κ1) is 9.55. The van der Waals surface area contributed by atoms with Crippen molar-refractivity contribution in [3.05, 3.63) is 22.7 Å². The van der Waals surface area contributed by atoms with Crippen LogP contribution < -0.4 is 15.2 Å². The number of ether oxygens (including phenoxy) is 2. The third kappa shape index (κ3) is 1.51. The number of hydrogen-bond donors (Lipinski definition) is 1. The van der Waals surface area contributed by atoms with Crippen LogP contribution in [0.15, 0.2) is 12.1 Å². The van der Waals surface area contributed by atoms with E-state index in [1.807, 2.05) is 0 Å². The minimum atomic E-state index is -0.711. The van der Waals surface area contributed by atoms with Crippen LogP contribution in [-0.4, -0.2) is 13.5 Å². The lowest BCUT2D eigenvalue weighted by molar-refractivity contribution is 0.174. The summed E-state index contributed by atoms with van der Waals surface area (Å²) in [5.74, 6) is 1.14. The van der Waals surface area contributed by atoms with Crippen LogP contribution in [0, 0.1) is 0 Å². The van der Waals surface area contributed by atoms with E-state index in [-0.39, 0.29) is 6.79 Å². The van der Waals surface area contributed by atoms with Gasteiger partial charge in [0.05, 0.1) is 6.04 Å². The standard InChI is InChI=1S/C9H9ClFNO2/c10-6-2-9-8(13-4-14-9)1-5(6)7(12)3-11/h1-2,7H,3-4,12H2/t7-/m1/s1. The van der Waals surface area contributed by atoms with Gasteiger partial charge in [0.1, 0.15) is 6.67 Å². The maximum Gasteiger partial charge on any atom is 0.231 e. The van der Waals surface area contributed by atoms with Gasteiger partial charge in [0.25, 0.3) is 0 Å². The quantitative estimate of drug-likeness (QED) is 0.825. The van der Waals surface area contributed by atoms with Crippen molar-refractivity contribution in [3.63, 3.8) is 0 Å². The number of halogens is 2. The molecule has 2 rings (SSSR count). The summed E-state index contributed by atoms with van der Waals surface area (Å²) >= 11 is 5.90. The van der Waals surface area contributed by atoms with Crippen molar-refractivity contribution >= 4 is 11.6 Å². The lowest BCUT2D eigenvalue weighted by Gasteiger charge is -2.10. The molecule has 0 aliphatic carbocycles. The highest BCUT2D eigenvalue weighted by atomic mass is 35.5. The van der Waals surface area contributed by atoms with E-state index in [0.717, 1.165) is 0 Å². The van der Waals surface area contributed by atoms with Crippen LogP contribution in [0.3, 0.4) is 0 Å². The Hall–Kier alpha value is -1.00. The zero-order valence-corrected chi connectivity index (χ0v) is 8.05. The summed E-state index contributed by atoms with van der Waals surface area (Å²) in [6.45, 7) is -0.487. The Labute approximate surface area is 85.6 Å². The number of benzene rings is 1. The van der Waals surface area contributed by atoms with Gasteiger partial charge in [-0.1, -0.05) is 11.6 Å². The molecule has 1 atom stereocenters. The van der Waals surface area contributed by atoms with E-state index in [1.54, 1.807) is 12.1 Å². The first-order valence-corrected chi connectivity index (χ1v) is 4.50. The van der Waals surface area contributed by atoms with E-state index in [1.165, 1.54) is 0 Å². The summed E-state index contributed by atoms with van der Waals surface area (Å²) in [6.07, 6.45) is 0. The second-order valence-corrected chi connectivity index (χ2v) is 3.39. The lowest BCUT2D eigenvalue weighted by Crippen LogP contribution is -2.12. The van der Waals surface area contributed by atoms with E-state index < -0.39 is 12.7 Å². The maximum atomic E-state index is 12.3. The first-order chi connectivity index (χ1) is 6.72. The van der Waals surface area contributed by atoms with E-state index in [4.69, 9.17) is 26.8 Å². The lowest BCUT2D eigenvalue weighted by atomic mass is 10.1. The highest BCUT2D eigenvalue weighted by molar-refractivity contribution is 6.31. The molecule has 0 saturated carbocycles. The summed E-state index contributed by atoms with van der Waals surface area (Å²) in [5, 5.41) is 0.402. The molecular weight excluding hydrogens is 209 g/mol. The Morgan fingerprint density at radius 2 is 2.07 bits per heavy atom. The Balaban J connectivity index is 2.42. The minimum absolute atomic E-state index is 0.167. The molecule has 76 valence electrons. The van der Waals surface area contributed by atoms with E-state index in [2.05, 4.69) is 0 Å². The largest absolute Gasteiger partial charge is 0.454 e. The normalized spacial score (nSPS) is 15.6. The van der Waals surface area contributed by atoms with Crippen molar-refractivity contribution in [1.29, 1.82) is 0 Å². The molecule has 3 nitrogen and oxygen atoms in total. The molecule has 0 fully saturated rings. The molecule has 5 heteroatoms. The van der Waals surface area contributed by atoms with Crippen LogP contribution in [-0.2, 0) is 0 Å². The Morgan fingerprint density at radius 3 is 2.71 bits per heavy atom. The zero-order chi connectivity index (χ0) is 10.1. The Morgan fingerprint density at radius 1 is 1.43 bits per heavy atom. The molecule has 14 heavy (non-hydrogen) atoms. The van der Waals surface area contributed by atoms with Crippen LogP contribution in [0.4, 0.5) is 4.39 Å².